The van der Waals surface area contributed by atoms with Crippen LogP contribution in [-0.4, -0.2) is 41.9 Å². The summed E-state index contributed by atoms with van der Waals surface area (Å²) in [4.78, 5) is 14.8. The number of amides is 1. The minimum Gasteiger partial charge on any atom is -0.355 e. The van der Waals surface area contributed by atoms with Gasteiger partial charge in [-0.05, 0) is 42.7 Å². The molecule has 1 fully saturated rings. The molecule has 0 spiro atoms. The Morgan fingerprint density at radius 1 is 1.23 bits per heavy atom. The summed E-state index contributed by atoms with van der Waals surface area (Å²) in [5.41, 5.74) is 1.80. The number of aromatic nitrogens is 1. The van der Waals surface area contributed by atoms with Crippen LogP contribution in [-0.2, 0) is 16.4 Å². The van der Waals surface area contributed by atoms with E-state index in [-0.39, 0.29) is 35.3 Å². The summed E-state index contributed by atoms with van der Waals surface area (Å²) >= 11 is 5.94. The van der Waals surface area contributed by atoms with Gasteiger partial charge in [0.25, 0.3) is 5.91 Å². The Labute approximate surface area is 184 Å². The van der Waals surface area contributed by atoms with E-state index in [4.69, 9.17) is 16.1 Å². The fraction of sp³-hybridized carbons (Fsp3) is 0.273. The maximum absolute atomic E-state index is 13.9. The Hall–Kier alpha value is -2.71. The first-order valence-electron chi connectivity index (χ1n) is 9.71. The number of nitrogens with zero attached hydrogens (tertiary/aromatic N) is 2. The lowest BCUT2D eigenvalue weighted by Crippen LogP contribution is -2.40. The first-order chi connectivity index (χ1) is 14.7. The van der Waals surface area contributed by atoms with Crippen LogP contribution in [0.3, 0.4) is 0 Å². The number of sulfone groups is 1. The summed E-state index contributed by atoms with van der Waals surface area (Å²) in [7, 11) is -3.20. The number of benzene rings is 2. The molecule has 9 heteroatoms. The van der Waals surface area contributed by atoms with Crippen molar-refractivity contribution < 1.29 is 22.1 Å². The van der Waals surface area contributed by atoms with E-state index in [9.17, 15) is 17.6 Å². The summed E-state index contributed by atoms with van der Waals surface area (Å²) in [5.74, 6) is -0.635. The number of hydrogen-bond acceptors (Lipinski definition) is 5. The Balaban J connectivity index is 1.63. The molecule has 2 aromatic carbocycles. The van der Waals surface area contributed by atoms with E-state index >= 15 is 0 Å². The highest BCUT2D eigenvalue weighted by atomic mass is 35.5. The second-order valence-electron chi connectivity index (χ2n) is 7.66. The van der Waals surface area contributed by atoms with Crippen molar-refractivity contribution in [3.05, 3.63) is 76.2 Å². The van der Waals surface area contributed by atoms with Crippen LogP contribution < -0.4 is 0 Å². The highest BCUT2D eigenvalue weighted by molar-refractivity contribution is 7.91. The molecule has 31 heavy (non-hydrogen) atoms. The smallest absolute Gasteiger partial charge is 0.276 e. The summed E-state index contributed by atoms with van der Waals surface area (Å²) in [6.07, 6.45) is 0.357. The molecule has 1 atom stereocenters. The van der Waals surface area contributed by atoms with Crippen molar-refractivity contribution in [2.45, 2.75) is 25.9 Å². The van der Waals surface area contributed by atoms with Crippen molar-refractivity contribution in [3.63, 3.8) is 0 Å². The van der Waals surface area contributed by atoms with Crippen molar-refractivity contribution in [1.82, 2.24) is 10.1 Å². The van der Waals surface area contributed by atoms with Gasteiger partial charge >= 0.3 is 0 Å². The first kappa shape index (κ1) is 21.5. The average molecular weight is 463 g/mol. The minimum absolute atomic E-state index is 0.0363. The molecule has 1 aliphatic rings. The van der Waals surface area contributed by atoms with Gasteiger partial charge in [0.1, 0.15) is 5.82 Å². The number of aryl methyl sites for hydroxylation is 1. The van der Waals surface area contributed by atoms with Crippen LogP contribution in [0.15, 0.2) is 53.1 Å². The van der Waals surface area contributed by atoms with Crippen LogP contribution in [0.25, 0.3) is 11.3 Å². The minimum atomic E-state index is -3.20. The Morgan fingerprint density at radius 3 is 2.61 bits per heavy atom. The molecular weight excluding hydrogens is 443 g/mol. The number of carbonyl (C=O) groups is 1. The van der Waals surface area contributed by atoms with E-state index in [2.05, 4.69) is 5.16 Å². The third kappa shape index (κ3) is 4.80. The van der Waals surface area contributed by atoms with Gasteiger partial charge in [-0.15, -0.1) is 0 Å². The Morgan fingerprint density at radius 2 is 1.97 bits per heavy atom. The van der Waals surface area contributed by atoms with Crippen LogP contribution in [0, 0.1) is 12.7 Å². The molecule has 162 valence electrons. The topological polar surface area (TPSA) is 80.5 Å². The second kappa shape index (κ2) is 8.43. The number of halogens is 2. The lowest BCUT2D eigenvalue weighted by atomic mass is 10.1. The molecular formula is C22H20ClFN2O4S. The molecule has 6 nitrogen and oxygen atoms in total. The molecule has 0 bridgehead atoms. The maximum atomic E-state index is 13.9. The van der Waals surface area contributed by atoms with Gasteiger partial charge in [-0.25, -0.2) is 12.8 Å². The first-order valence-corrected chi connectivity index (χ1v) is 11.9. The largest absolute Gasteiger partial charge is 0.355 e. The van der Waals surface area contributed by atoms with E-state index < -0.39 is 21.8 Å². The Bertz CT molecular complexity index is 1220. The van der Waals surface area contributed by atoms with Crippen molar-refractivity contribution in [2.75, 3.05) is 11.5 Å². The molecule has 1 saturated heterocycles. The third-order valence-corrected chi connectivity index (χ3v) is 7.36. The Kier molecular flexibility index (Phi) is 5.85. The van der Waals surface area contributed by atoms with Crippen molar-refractivity contribution in [3.8, 4) is 11.3 Å². The fourth-order valence-corrected chi connectivity index (χ4v) is 5.44. The molecule has 4 rings (SSSR count). The standard InChI is InChI=1S/C22H20ClFN2O4S/c1-14-2-5-16(10-19(14)24)21-11-20(25-30-21)22(27)26(18-8-9-31(28,29)13-18)12-15-3-6-17(23)7-4-15/h2-7,10-11,18H,8-9,12-13H2,1H3/t18-/m0/s1. The molecule has 0 unspecified atom stereocenters. The second-order valence-corrected chi connectivity index (χ2v) is 10.3. The number of hydrogen-bond donors (Lipinski definition) is 0. The summed E-state index contributed by atoms with van der Waals surface area (Å²) < 4.78 is 43.2. The van der Waals surface area contributed by atoms with Crippen LogP contribution in [0.1, 0.15) is 28.0 Å². The van der Waals surface area contributed by atoms with E-state index in [0.29, 0.717) is 22.6 Å². The third-order valence-electron chi connectivity index (χ3n) is 5.36. The maximum Gasteiger partial charge on any atom is 0.276 e. The van der Waals surface area contributed by atoms with Gasteiger partial charge in [-0.3, -0.25) is 4.79 Å². The van der Waals surface area contributed by atoms with Gasteiger partial charge in [-0.2, -0.15) is 0 Å². The quantitative estimate of drug-likeness (QED) is 0.565. The van der Waals surface area contributed by atoms with Crippen molar-refractivity contribution in [2.24, 2.45) is 0 Å². The summed E-state index contributed by atoms with van der Waals surface area (Å²) in [6.45, 7) is 1.86. The van der Waals surface area contributed by atoms with E-state index in [1.165, 1.54) is 17.0 Å². The van der Waals surface area contributed by atoms with Crippen LogP contribution >= 0.6 is 11.6 Å². The van der Waals surface area contributed by atoms with Gasteiger partial charge in [0.15, 0.2) is 21.3 Å². The molecule has 1 aromatic heterocycles. The zero-order chi connectivity index (χ0) is 22.2. The molecule has 3 aromatic rings. The molecule has 1 amide bonds. The molecule has 0 saturated carbocycles. The van der Waals surface area contributed by atoms with E-state index in [1.54, 1.807) is 43.3 Å². The predicted molar refractivity (Wildman–Crippen MR) is 115 cm³/mol. The van der Waals surface area contributed by atoms with Gasteiger partial charge < -0.3 is 9.42 Å². The molecule has 0 radical (unpaired) electrons. The lowest BCUT2D eigenvalue weighted by Gasteiger charge is -2.27. The average Bonchev–Trinajstić information content (AvgIpc) is 3.36. The van der Waals surface area contributed by atoms with Crippen molar-refractivity contribution in [1.29, 1.82) is 0 Å². The molecule has 1 aliphatic heterocycles. The number of carbonyl (C=O) groups excluding carboxylic acids is 1. The van der Waals surface area contributed by atoms with Gasteiger partial charge in [0, 0.05) is 29.2 Å². The molecule has 0 aliphatic carbocycles. The summed E-state index contributed by atoms with van der Waals surface area (Å²) in [5, 5.41) is 4.44. The molecule has 2 heterocycles. The van der Waals surface area contributed by atoms with Gasteiger partial charge in [-0.1, -0.05) is 41.0 Å². The van der Waals surface area contributed by atoms with Gasteiger partial charge in [0.2, 0.25) is 0 Å². The zero-order valence-electron chi connectivity index (χ0n) is 16.7. The highest BCUT2D eigenvalue weighted by Gasteiger charge is 2.36. The normalized spacial score (nSPS) is 17.6. The van der Waals surface area contributed by atoms with Crippen molar-refractivity contribution >= 4 is 27.3 Å². The van der Waals surface area contributed by atoms with Crippen LogP contribution in [0.2, 0.25) is 5.02 Å². The SMILES string of the molecule is Cc1ccc(-c2cc(C(=O)N(Cc3ccc(Cl)cc3)[C@H]3CCS(=O)(=O)C3)no2)cc1F. The van der Waals surface area contributed by atoms with Crippen LogP contribution in [0.4, 0.5) is 4.39 Å². The van der Waals surface area contributed by atoms with Crippen LogP contribution in [0.5, 0.6) is 0 Å². The van der Waals surface area contributed by atoms with E-state index in [0.717, 1.165) is 5.56 Å². The lowest BCUT2D eigenvalue weighted by molar-refractivity contribution is 0.0670. The van der Waals surface area contributed by atoms with E-state index in [1.807, 2.05) is 0 Å². The monoisotopic (exact) mass is 462 g/mol. The molecule has 0 N–H and O–H groups in total. The fourth-order valence-electron chi connectivity index (χ4n) is 3.58. The zero-order valence-corrected chi connectivity index (χ0v) is 18.3. The summed E-state index contributed by atoms with van der Waals surface area (Å²) in [6, 6.07) is 12.6. The van der Waals surface area contributed by atoms with Gasteiger partial charge in [0.05, 0.1) is 11.5 Å². The highest BCUT2D eigenvalue weighted by Crippen LogP contribution is 2.26. The number of rotatable bonds is 5. The predicted octanol–water partition coefficient (Wildman–Crippen LogP) is 4.27.